The van der Waals surface area contributed by atoms with E-state index < -0.39 is 11.9 Å². The van der Waals surface area contributed by atoms with Crippen LogP contribution in [0.15, 0.2) is 33.8 Å². The van der Waals surface area contributed by atoms with Crippen molar-refractivity contribution in [2.45, 2.75) is 39.7 Å². The Morgan fingerprint density at radius 2 is 2.15 bits per heavy atom. The molecule has 2 aromatic heterocycles. The number of aromatic nitrogens is 2. The Kier molecular flexibility index (Phi) is 5.85. The van der Waals surface area contributed by atoms with Crippen molar-refractivity contribution in [3.63, 3.8) is 0 Å². The van der Waals surface area contributed by atoms with E-state index in [0.29, 0.717) is 10.5 Å². The van der Waals surface area contributed by atoms with Crippen LogP contribution in [0.5, 0.6) is 0 Å². The molecule has 142 valence electrons. The molecule has 0 atom stereocenters. The van der Waals surface area contributed by atoms with Crippen molar-refractivity contribution in [3.05, 3.63) is 46.1 Å². The van der Waals surface area contributed by atoms with Crippen LogP contribution in [0.25, 0.3) is 10.2 Å². The first kappa shape index (κ1) is 19.0. The number of aryl methyl sites for hydroxylation is 2. The van der Waals surface area contributed by atoms with E-state index in [1.807, 2.05) is 12.1 Å². The van der Waals surface area contributed by atoms with Gasteiger partial charge in [0.05, 0.1) is 23.0 Å². The molecule has 0 saturated heterocycles. The topological polar surface area (TPSA) is 86.7 Å². The summed E-state index contributed by atoms with van der Waals surface area (Å²) in [5.41, 5.74) is 2.67. The molecule has 0 bridgehead atoms. The third-order valence-electron chi connectivity index (χ3n) is 4.12. The van der Waals surface area contributed by atoms with Gasteiger partial charge in [0.15, 0.2) is 4.80 Å². The van der Waals surface area contributed by atoms with Crippen LogP contribution in [0.4, 0.5) is 0 Å². The highest BCUT2D eigenvalue weighted by atomic mass is 32.1. The molecule has 0 fully saturated rings. The van der Waals surface area contributed by atoms with Crippen LogP contribution in [-0.2, 0) is 22.5 Å². The average molecular weight is 387 g/mol. The smallest absolute Gasteiger partial charge is 0.325 e. The maximum Gasteiger partial charge on any atom is 0.325 e. The van der Waals surface area contributed by atoms with Gasteiger partial charge in [0.25, 0.3) is 0 Å². The lowest BCUT2D eigenvalue weighted by Gasteiger charge is -2.04. The molecule has 0 aliphatic rings. The maximum absolute atomic E-state index is 12.4. The van der Waals surface area contributed by atoms with Gasteiger partial charge in [0.2, 0.25) is 5.76 Å². The van der Waals surface area contributed by atoms with Crippen molar-refractivity contribution in [2.75, 3.05) is 7.11 Å². The van der Waals surface area contributed by atoms with Gasteiger partial charge in [0, 0.05) is 6.07 Å². The first-order valence-electron chi connectivity index (χ1n) is 8.73. The Morgan fingerprint density at radius 1 is 1.33 bits per heavy atom. The van der Waals surface area contributed by atoms with Crippen molar-refractivity contribution in [2.24, 2.45) is 4.99 Å². The summed E-state index contributed by atoms with van der Waals surface area (Å²) in [6, 6.07) is 7.63. The lowest BCUT2D eigenvalue weighted by Crippen LogP contribution is -2.22. The Labute approximate surface area is 160 Å². The van der Waals surface area contributed by atoms with Gasteiger partial charge in [-0.05, 0) is 37.5 Å². The Morgan fingerprint density at radius 3 is 2.81 bits per heavy atom. The number of hydrogen-bond donors (Lipinski definition) is 0. The van der Waals surface area contributed by atoms with Crippen LogP contribution in [-0.4, -0.2) is 28.7 Å². The Bertz CT molecular complexity index is 1040. The number of amides is 1. The molecule has 7 nitrogen and oxygen atoms in total. The predicted octanol–water partition coefficient (Wildman–Crippen LogP) is 3.26. The van der Waals surface area contributed by atoms with Crippen LogP contribution >= 0.6 is 11.3 Å². The van der Waals surface area contributed by atoms with Crippen LogP contribution < -0.4 is 4.80 Å². The number of esters is 1. The molecule has 1 aromatic carbocycles. The molecule has 27 heavy (non-hydrogen) atoms. The van der Waals surface area contributed by atoms with E-state index >= 15 is 0 Å². The fraction of sp³-hybridized carbons (Fsp3) is 0.368. The van der Waals surface area contributed by atoms with E-state index in [2.05, 4.69) is 23.1 Å². The van der Waals surface area contributed by atoms with Crippen molar-refractivity contribution in [3.8, 4) is 0 Å². The Balaban J connectivity index is 2.08. The molecule has 0 spiro atoms. The molecular weight excluding hydrogens is 366 g/mol. The number of benzene rings is 1. The molecule has 0 aliphatic carbocycles. The van der Waals surface area contributed by atoms with Crippen molar-refractivity contribution in [1.29, 1.82) is 0 Å². The second kappa shape index (κ2) is 8.30. The van der Waals surface area contributed by atoms with E-state index in [4.69, 9.17) is 9.26 Å². The minimum Gasteiger partial charge on any atom is -0.468 e. The molecule has 8 heteroatoms. The minimum atomic E-state index is -0.535. The van der Waals surface area contributed by atoms with Gasteiger partial charge in [-0.3, -0.25) is 9.59 Å². The number of thiazole rings is 1. The second-order valence-corrected chi connectivity index (χ2v) is 7.21. The molecule has 0 aliphatic heterocycles. The predicted molar refractivity (Wildman–Crippen MR) is 102 cm³/mol. The quantitative estimate of drug-likeness (QED) is 0.606. The largest absolute Gasteiger partial charge is 0.468 e. The van der Waals surface area contributed by atoms with Gasteiger partial charge < -0.3 is 13.8 Å². The Hall–Kier alpha value is -2.74. The number of fused-ring (bicyclic) bond motifs is 1. The first-order chi connectivity index (χ1) is 13.0. The van der Waals surface area contributed by atoms with Gasteiger partial charge in [-0.1, -0.05) is 35.9 Å². The molecule has 1 amide bonds. The van der Waals surface area contributed by atoms with Gasteiger partial charge in [-0.2, -0.15) is 4.99 Å². The fourth-order valence-corrected chi connectivity index (χ4v) is 3.78. The zero-order valence-corrected chi connectivity index (χ0v) is 16.3. The number of hydrogen-bond acceptors (Lipinski definition) is 6. The minimum absolute atomic E-state index is 0.0215. The zero-order valence-electron chi connectivity index (χ0n) is 15.5. The number of carbonyl (C=O) groups is 2. The lowest BCUT2D eigenvalue weighted by atomic mass is 10.1. The monoisotopic (exact) mass is 387 g/mol. The second-order valence-electron chi connectivity index (χ2n) is 6.20. The molecule has 0 N–H and O–H groups in total. The van der Waals surface area contributed by atoms with E-state index in [1.54, 1.807) is 11.5 Å². The standard InChI is InChI=1S/C19H21N3O4S/c1-4-5-6-13-7-8-14-16(10-13)27-19(22(14)11-17(23)25-3)20-18(24)15-9-12(2)21-26-15/h7-10H,4-6,11H2,1-3H3. The maximum atomic E-state index is 12.4. The summed E-state index contributed by atoms with van der Waals surface area (Å²) in [5, 5.41) is 3.71. The summed E-state index contributed by atoms with van der Waals surface area (Å²) in [6.45, 7) is 3.86. The molecule has 2 heterocycles. The highest BCUT2D eigenvalue weighted by molar-refractivity contribution is 7.16. The normalized spacial score (nSPS) is 11.9. The van der Waals surface area contributed by atoms with E-state index in [1.165, 1.54) is 30.1 Å². The molecule has 3 aromatic rings. The highest BCUT2D eigenvalue weighted by Crippen LogP contribution is 2.21. The van der Waals surface area contributed by atoms with Crippen molar-refractivity contribution >= 4 is 33.4 Å². The van der Waals surface area contributed by atoms with Gasteiger partial charge in [-0.25, -0.2) is 0 Å². The highest BCUT2D eigenvalue weighted by Gasteiger charge is 2.15. The third kappa shape index (κ3) is 4.33. The fourth-order valence-electron chi connectivity index (χ4n) is 2.69. The summed E-state index contributed by atoms with van der Waals surface area (Å²) in [6.07, 6.45) is 3.22. The van der Waals surface area contributed by atoms with E-state index in [9.17, 15) is 9.59 Å². The number of unbranched alkanes of at least 4 members (excludes halogenated alkanes) is 1. The average Bonchev–Trinajstić information content (AvgIpc) is 3.23. The number of ether oxygens (including phenoxy) is 1. The molecule has 0 unspecified atom stereocenters. The number of carbonyl (C=O) groups excluding carboxylic acids is 2. The van der Waals surface area contributed by atoms with Gasteiger partial charge in [-0.15, -0.1) is 0 Å². The van der Waals surface area contributed by atoms with Crippen molar-refractivity contribution < 1.29 is 18.8 Å². The lowest BCUT2D eigenvalue weighted by molar-refractivity contribution is -0.141. The van der Waals surface area contributed by atoms with Crippen molar-refractivity contribution in [1.82, 2.24) is 9.72 Å². The van der Waals surface area contributed by atoms with E-state index in [-0.39, 0.29) is 12.3 Å². The number of methoxy groups -OCH3 is 1. The SMILES string of the molecule is CCCCc1ccc2c(c1)sc(=NC(=O)c1cc(C)no1)n2CC(=O)OC. The number of nitrogens with zero attached hydrogens (tertiary/aromatic N) is 3. The summed E-state index contributed by atoms with van der Waals surface area (Å²) < 4.78 is 12.4. The summed E-state index contributed by atoms with van der Waals surface area (Å²) in [7, 11) is 1.33. The summed E-state index contributed by atoms with van der Waals surface area (Å²) in [5.74, 6) is -0.876. The van der Waals surface area contributed by atoms with Crippen LogP contribution in [0.3, 0.4) is 0 Å². The molecule has 3 rings (SSSR count). The van der Waals surface area contributed by atoms with E-state index in [0.717, 1.165) is 29.5 Å². The van der Waals surface area contributed by atoms with Crippen LogP contribution in [0, 0.1) is 6.92 Å². The third-order valence-corrected chi connectivity index (χ3v) is 5.16. The zero-order chi connectivity index (χ0) is 19.4. The van der Waals surface area contributed by atoms with Crippen LogP contribution in [0.1, 0.15) is 41.6 Å². The molecular formula is C19H21N3O4S. The first-order valence-corrected chi connectivity index (χ1v) is 9.55. The van der Waals surface area contributed by atoms with Crippen LogP contribution in [0.2, 0.25) is 0 Å². The molecule has 0 saturated carbocycles. The number of rotatable bonds is 6. The van der Waals surface area contributed by atoms with Gasteiger partial charge in [0.1, 0.15) is 6.54 Å². The molecule has 0 radical (unpaired) electrons. The summed E-state index contributed by atoms with van der Waals surface area (Å²) in [4.78, 5) is 28.8. The summed E-state index contributed by atoms with van der Waals surface area (Å²) >= 11 is 1.36. The van der Waals surface area contributed by atoms with Gasteiger partial charge >= 0.3 is 11.9 Å².